The molecule has 92 valence electrons. The molecule has 0 spiro atoms. The molecular formula is C12H16N2OS2. The van der Waals surface area contributed by atoms with Crippen LogP contribution in [0.1, 0.15) is 25.2 Å². The lowest BCUT2D eigenvalue weighted by Crippen LogP contribution is -2.15. The summed E-state index contributed by atoms with van der Waals surface area (Å²) in [7, 11) is 0. The van der Waals surface area contributed by atoms with E-state index in [0.717, 1.165) is 21.1 Å². The lowest BCUT2D eigenvalue weighted by atomic mass is 10.3. The fraction of sp³-hybridized carbons (Fsp3) is 0.500. The third-order valence-electron chi connectivity index (χ3n) is 2.67. The molecule has 0 aliphatic rings. The Hall–Kier alpha value is -0.650. The molecule has 1 N–H and O–H groups in total. The van der Waals surface area contributed by atoms with Crippen molar-refractivity contribution >= 4 is 33.3 Å². The minimum atomic E-state index is -0.343. The molecule has 0 radical (unpaired) electrons. The number of nitrogens with zero attached hydrogens (tertiary/aromatic N) is 2. The van der Waals surface area contributed by atoms with Crippen LogP contribution in [0, 0.1) is 13.8 Å². The number of rotatable bonds is 3. The summed E-state index contributed by atoms with van der Waals surface area (Å²) in [6, 6.07) is 0. The van der Waals surface area contributed by atoms with Crippen molar-refractivity contribution in [2.75, 3.05) is 0 Å². The highest BCUT2D eigenvalue weighted by Gasteiger charge is 2.16. The summed E-state index contributed by atoms with van der Waals surface area (Å²) in [5.74, 6) is 0.791. The van der Waals surface area contributed by atoms with E-state index in [0.29, 0.717) is 0 Å². The minimum absolute atomic E-state index is 0.131. The van der Waals surface area contributed by atoms with Crippen molar-refractivity contribution in [3.8, 4) is 0 Å². The van der Waals surface area contributed by atoms with Gasteiger partial charge in [-0.05, 0) is 31.7 Å². The van der Waals surface area contributed by atoms with Gasteiger partial charge in [0, 0.05) is 10.6 Å². The first-order valence-electron chi connectivity index (χ1n) is 5.56. The quantitative estimate of drug-likeness (QED) is 0.686. The van der Waals surface area contributed by atoms with Crippen molar-refractivity contribution in [1.29, 1.82) is 0 Å². The average Bonchev–Trinajstić information content (AvgIpc) is 2.59. The Morgan fingerprint density at radius 2 is 2.00 bits per heavy atom. The molecule has 0 saturated heterocycles. The smallest absolute Gasteiger partial charge is 0.128 e. The first-order chi connectivity index (χ1) is 7.99. The second-order valence-electron chi connectivity index (χ2n) is 4.24. The predicted molar refractivity (Wildman–Crippen MR) is 73.9 cm³/mol. The summed E-state index contributed by atoms with van der Waals surface area (Å²) in [6.45, 7) is 7.81. The maximum absolute atomic E-state index is 9.58. The van der Waals surface area contributed by atoms with Gasteiger partial charge in [0.25, 0.3) is 0 Å². The molecule has 2 rings (SSSR count). The summed E-state index contributed by atoms with van der Waals surface area (Å²) in [5, 5.41) is 13.9. The van der Waals surface area contributed by atoms with Crippen molar-refractivity contribution in [2.45, 2.75) is 44.1 Å². The molecule has 2 heterocycles. The Kier molecular flexibility index (Phi) is 3.70. The molecule has 17 heavy (non-hydrogen) atoms. The molecule has 2 unspecified atom stereocenters. The van der Waals surface area contributed by atoms with Crippen molar-refractivity contribution in [3.05, 3.63) is 16.8 Å². The number of thiophene rings is 1. The molecule has 0 aliphatic carbocycles. The highest BCUT2D eigenvalue weighted by molar-refractivity contribution is 8.00. The Labute approximate surface area is 109 Å². The third-order valence-corrected chi connectivity index (χ3v) is 4.95. The fourth-order valence-corrected chi connectivity index (χ4v) is 3.65. The Morgan fingerprint density at radius 1 is 1.29 bits per heavy atom. The molecule has 0 amide bonds. The molecule has 3 nitrogen and oxygen atoms in total. The van der Waals surface area contributed by atoms with E-state index in [-0.39, 0.29) is 11.4 Å². The molecule has 2 aromatic rings. The zero-order valence-electron chi connectivity index (χ0n) is 10.4. The van der Waals surface area contributed by atoms with E-state index in [9.17, 15) is 5.11 Å². The number of aromatic nitrogens is 2. The maximum Gasteiger partial charge on any atom is 0.128 e. The Balaban J connectivity index is 2.48. The third kappa shape index (κ3) is 2.61. The number of aryl methyl sites for hydroxylation is 2. The van der Waals surface area contributed by atoms with E-state index in [1.54, 1.807) is 23.1 Å². The number of hydrogen-bond donors (Lipinski definition) is 1. The highest BCUT2D eigenvalue weighted by Crippen LogP contribution is 2.34. The van der Waals surface area contributed by atoms with Gasteiger partial charge in [0.2, 0.25) is 0 Å². The number of thioether (sulfide) groups is 1. The summed E-state index contributed by atoms with van der Waals surface area (Å²) in [6.07, 6.45) is -0.343. The standard InChI is InChI=1S/C12H16N2OS2/c1-6-5-16-11-10(6)12(14-9(4)13-11)17-8(3)7(2)15/h5,7-8,15H,1-4H3. The largest absolute Gasteiger partial charge is 0.392 e. The van der Waals surface area contributed by atoms with E-state index < -0.39 is 0 Å². The normalized spacial score (nSPS) is 15.1. The maximum atomic E-state index is 9.58. The average molecular weight is 268 g/mol. The molecule has 5 heteroatoms. The second kappa shape index (κ2) is 4.92. The van der Waals surface area contributed by atoms with Gasteiger partial charge < -0.3 is 5.11 Å². The van der Waals surface area contributed by atoms with Gasteiger partial charge in [0.15, 0.2) is 0 Å². The molecule has 0 aliphatic heterocycles. The van der Waals surface area contributed by atoms with Crippen LogP contribution in [0.25, 0.3) is 10.2 Å². The lowest BCUT2D eigenvalue weighted by Gasteiger charge is -2.14. The van der Waals surface area contributed by atoms with Gasteiger partial charge >= 0.3 is 0 Å². The predicted octanol–water partition coefficient (Wildman–Crippen LogP) is 3.17. The zero-order valence-corrected chi connectivity index (χ0v) is 12.0. The van der Waals surface area contributed by atoms with Gasteiger partial charge in [-0.3, -0.25) is 0 Å². The van der Waals surface area contributed by atoms with Crippen LogP contribution in [0.5, 0.6) is 0 Å². The van der Waals surface area contributed by atoms with Gasteiger partial charge in [0.05, 0.1) is 6.10 Å². The van der Waals surface area contributed by atoms with Gasteiger partial charge in [-0.25, -0.2) is 9.97 Å². The van der Waals surface area contributed by atoms with Crippen molar-refractivity contribution in [3.63, 3.8) is 0 Å². The van der Waals surface area contributed by atoms with Crippen LogP contribution in [-0.4, -0.2) is 26.4 Å². The first-order valence-corrected chi connectivity index (χ1v) is 7.32. The number of fused-ring (bicyclic) bond motifs is 1. The molecule has 0 fully saturated rings. The van der Waals surface area contributed by atoms with Crippen LogP contribution >= 0.6 is 23.1 Å². The number of aliphatic hydroxyl groups is 1. The zero-order chi connectivity index (χ0) is 12.6. The van der Waals surface area contributed by atoms with Crippen LogP contribution < -0.4 is 0 Å². The SMILES string of the molecule is Cc1nc(SC(C)C(C)O)c2c(C)csc2n1. The number of aliphatic hydroxyl groups excluding tert-OH is 1. The summed E-state index contributed by atoms with van der Waals surface area (Å²) in [4.78, 5) is 9.98. The molecule has 0 aromatic carbocycles. The van der Waals surface area contributed by atoms with E-state index in [1.807, 2.05) is 20.8 Å². The monoisotopic (exact) mass is 268 g/mol. The molecule has 2 aromatic heterocycles. The topological polar surface area (TPSA) is 46.0 Å². The van der Waals surface area contributed by atoms with E-state index >= 15 is 0 Å². The van der Waals surface area contributed by atoms with Gasteiger partial charge in [-0.1, -0.05) is 18.7 Å². The molecular weight excluding hydrogens is 252 g/mol. The van der Waals surface area contributed by atoms with Gasteiger partial charge in [0.1, 0.15) is 15.7 Å². The van der Waals surface area contributed by atoms with Gasteiger partial charge in [-0.2, -0.15) is 0 Å². The summed E-state index contributed by atoms with van der Waals surface area (Å²) in [5.41, 5.74) is 1.21. The van der Waals surface area contributed by atoms with Crippen LogP contribution in [0.2, 0.25) is 0 Å². The first kappa shape index (κ1) is 12.8. The van der Waals surface area contributed by atoms with Crippen LogP contribution in [0.15, 0.2) is 10.4 Å². The summed E-state index contributed by atoms with van der Waals surface area (Å²) < 4.78 is 0. The van der Waals surface area contributed by atoms with Crippen molar-refractivity contribution < 1.29 is 5.11 Å². The summed E-state index contributed by atoms with van der Waals surface area (Å²) >= 11 is 3.27. The van der Waals surface area contributed by atoms with Crippen LogP contribution in [-0.2, 0) is 0 Å². The van der Waals surface area contributed by atoms with E-state index in [4.69, 9.17) is 0 Å². The van der Waals surface area contributed by atoms with E-state index in [2.05, 4.69) is 22.3 Å². The Bertz CT molecular complexity index is 537. The highest BCUT2D eigenvalue weighted by atomic mass is 32.2. The lowest BCUT2D eigenvalue weighted by molar-refractivity contribution is 0.196. The second-order valence-corrected chi connectivity index (χ2v) is 6.46. The van der Waals surface area contributed by atoms with E-state index in [1.165, 1.54) is 5.56 Å². The van der Waals surface area contributed by atoms with Crippen molar-refractivity contribution in [2.24, 2.45) is 0 Å². The number of hydrogen-bond acceptors (Lipinski definition) is 5. The molecule has 0 saturated carbocycles. The Morgan fingerprint density at radius 3 is 2.65 bits per heavy atom. The molecule has 2 atom stereocenters. The minimum Gasteiger partial charge on any atom is -0.392 e. The van der Waals surface area contributed by atoms with Crippen molar-refractivity contribution in [1.82, 2.24) is 9.97 Å². The van der Waals surface area contributed by atoms with Crippen LogP contribution in [0.3, 0.4) is 0 Å². The molecule has 0 bridgehead atoms. The van der Waals surface area contributed by atoms with Crippen LogP contribution in [0.4, 0.5) is 0 Å². The van der Waals surface area contributed by atoms with Gasteiger partial charge in [-0.15, -0.1) is 11.3 Å². The fourth-order valence-electron chi connectivity index (χ4n) is 1.51.